The fraction of sp³-hybridized carbons (Fsp3) is 0.304. The number of oxazole rings is 1. The highest BCUT2D eigenvalue weighted by Crippen LogP contribution is 2.26. The predicted molar refractivity (Wildman–Crippen MR) is 122 cm³/mol. The lowest BCUT2D eigenvalue weighted by Crippen LogP contribution is -2.39. The van der Waals surface area contributed by atoms with E-state index in [0.717, 1.165) is 19.3 Å². The van der Waals surface area contributed by atoms with Crippen LogP contribution in [0.15, 0.2) is 45.6 Å². The maximum atomic E-state index is 12.9. The quantitative estimate of drug-likeness (QED) is 0.483. The predicted octanol–water partition coefficient (Wildman–Crippen LogP) is 2.74. The van der Waals surface area contributed by atoms with Gasteiger partial charge in [-0.25, -0.2) is 4.79 Å². The third-order valence-corrected chi connectivity index (χ3v) is 5.92. The Bertz CT molecular complexity index is 1410. The number of rotatable bonds is 5. The molecule has 170 valence electrons. The Morgan fingerprint density at radius 2 is 2.00 bits per heavy atom. The molecule has 33 heavy (non-hydrogen) atoms. The molecule has 4 aromatic rings. The van der Waals surface area contributed by atoms with E-state index in [1.54, 1.807) is 48.4 Å². The van der Waals surface area contributed by atoms with Gasteiger partial charge in [-0.05, 0) is 43.5 Å². The molecule has 1 aliphatic heterocycles. The molecule has 2 aromatic carbocycles. The van der Waals surface area contributed by atoms with Crippen molar-refractivity contribution in [3.05, 3.63) is 52.6 Å². The monoisotopic (exact) mass is 449 g/mol. The van der Waals surface area contributed by atoms with Crippen LogP contribution in [0.3, 0.4) is 0 Å². The number of aromatic nitrogens is 3. The number of para-hydroxylation sites is 1. The zero-order chi connectivity index (χ0) is 22.9. The molecular formula is C23H23N5O5. The van der Waals surface area contributed by atoms with Crippen molar-refractivity contribution in [1.29, 1.82) is 0 Å². The zero-order valence-corrected chi connectivity index (χ0v) is 18.1. The Hall–Kier alpha value is -4.08. The molecule has 10 heteroatoms. The van der Waals surface area contributed by atoms with Crippen molar-refractivity contribution in [3.8, 4) is 5.75 Å². The van der Waals surface area contributed by atoms with Gasteiger partial charge in [0.05, 0.1) is 12.6 Å². The number of hydrogen-bond acceptors (Lipinski definition) is 6. The third kappa shape index (κ3) is 3.84. The van der Waals surface area contributed by atoms with Crippen molar-refractivity contribution in [2.45, 2.75) is 25.8 Å². The number of piperidine rings is 1. The van der Waals surface area contributed by atoms with Crippen LogP contribution in [0.4, 0.5) is 5.69 Å². The Balaban J connectivity index is 1.41. The van der Waals surface area contributed by atoms with Crippen molar-refractivity contribution >= 4 is 39.5 Å². The van der Waals surface area contributed by atoms with Crippen LogP contribution in [0.2, 0.25) is 0 Å². The van der Waals surface area contributed by atoms with Gasteiger partial charge in [0.25, 0.3) is 5.91 Å². The van der Waals surface area contributed by atoms with Crippen LogP contribution in [0.5, 0.6) is 5.75 Å². The summed E-state index contributed by atoms with van der Waals surface area (Å²) in [7, 11) is 1.55. The number of methoxy groups -OCH3 is 1. The van der Waals surface area contributed by atoms with E-state index in [1.165, 1.54) is 4.57 Å². The summed E-state index contributed by atoms with van der Waals surface area (Å²) in [6.45, 7) is 1.30. The molecular weight excluding hydrogens is 426 g/mol. The Morgan fingerprint density at radius 1 is 1.18 bits per heavy atom. The van der Waals surface area contributed by atoms with Gasteiger partial charge in [-0.2, -0.15) is 5.10 Å². The van der Waals surface area contributed by atoms with E-state index >= 15 is 0 Å². The highest BCUT2D eigenvalue weighted by Gasteiger charge is 2.21. The van der Waals surface area contributed by atoms with E-state index in [9.17, 15) is 14.4 Å². The molecule has 10 nitrogen and oxygen atoms in total. The van der Waals surface area contributed by atoms with Gasteiger partial charge in [-0.3, -0.25) is 19.3 Å². The van der Waals surface area contributed by atoms with E-state index in [2.05, 4.69) is 15.5 Å². The average Bonchev–Trinajstić information content (AvgIpc) is 3.40. The lowest BCUT2D eigenvalue weighted by atomic mass is 10.1. The second-order valence-electron chi connectivity index (χ2n) is 7.99. The first-order valence-corrected chi connectivity index (χ1v) is 10.8. The number of aromatic amines is 1. The summed E-state index contributed by atoms with van der Waals surface area (Å²) in [5, 5.41) is 10.4. The maximum absolute atomic E-state index is 12.9. The number of fused-ring (bicyclic) bond motifs is 2. The van der Waals surface area contributed by atoms with E-state index in [1.807, 2.05) is 0 Å². The second-order valence-corrected chi connectivity index (χ2v) is 7.99. The number of ether oxygens (including phenoxy) is 1. The fourth-order valence-corrected chi connectivity index (χ4v) is 4.22. The number of likely N-dealkylation sites (tertiary alicyclic amines) is 1. The van der Waals surface area contributed by atoms with E-state index in [-0.39, 0.29) is 18.1 Å². The molecule has 2 amide bonds. The minimum atomic E-state index is -0.607. The Kier molecular flexibility index (Phi) is 5.33. The average molecular weight is 449 g/mol. The van der Waals surface area contributed by atoms with Crippen molar-refractivity contribution in [1.82, 2.24) is 19.7 Å². The molecule has 5 rings (SSSR count). The first kappa shape index (κ1) is 20.8. The molecule has 0 atom stereocenters. The number of hydrogen-bond donors (Lipinski definition) is 2. The summed E-state index contributed by atoms with van der Waals surface area (Å²) >= 11 is 0. The highest BCUT2D eigenvalue weighted by atomic mass is 16.5. The van der Waals surface area contributed by atoms with Crippen LogP contribution in [0.1, 0.15) is 29.8 Å². The summed E-state index contributed by atoms with van der Waals surface area (Å²) in [4.78, 5) is 39.8. The zero-order valence-electron chi connectivity index (χ0n) is 18.1. The summed E-state index contributed by atoms with van der Waals surface area (Å²) in [5.41, 5.74) is 2.08. The van der Waals surface area contributed by atoms with Crippen molar-refractivity contribution in [3.63, 3.8) is 0 Å². The van der Waals surface area contributed by atoms with E-state index < -0.39 is 11.7 Å². The third-order valence-electron chi connectivity index (χ3n) is 5.92. The molecule has 0 unspecified atom stereocenters. The van der Waals surface area contributed by atoms with Gasteiger partial charge < -0.3 is 19.4 Å². The van der Waals surface area contributed by atoms with Gasteiger partial charge in [0.1, 0.15) is 17.8 Å². The number of anilines is 1. The Morgan fingerprint density at radius 3 is 2.79 bits per heavy atom. The lowest BCUT2D eigenvalue weighted by Gasteiger charge is -2.26. The van der Waals surface area contributed by atoms with Crippen molar-refractivity contribution < 1.29 is 18.7 Å². The number of H-pyrrole nitrogens is 1. The number of carbonyl (C=O) groups excluding carboxylic acids is 2. The minimum Gasteiger partial charge on any atom is -0.494 e. The minimum absolute atomic E-state index is 0.104. The molecule has 0 radical (unpaired) electrons. The van der Waals surface area contributed by atoms with Crippen LogP contribution in [0.25, 0.3) is 22.0 Å². The summed E-state index contributed by atoms with van der Waals surface area (Å²) in [6.07, 6.45) is 3.05. The molecule has 1 aliphatic rings. The first-order valence-electron chi connectivity index (χ1n) is 10.8. The number of benzene rings is 2. The molecule has 2 N–H and O–H groups in total. The summed E-state index contributed by atoms with van der Waals surface area (Å²) in [5.74, 6) is -0.563. The number of nitrogens with zero attached hydrogens (tertiary/aromatic N) is 3. The lowest BCUT2D eigenvalue weighted by molar-refractivity contribution is -0.132. The number of nitrogens with one attached hydrogen (secondary N) is 2. The van der Waals surface area contributed by atoms with Crippen molar-refractivity contribution in [2.75, 3.05) is 25.5 Å². The highest BCUT2D eigenvalue weighted by molar-refractivity contribution is 6.12. The first-order chi connectivity index (χ1) is 16.0. The number of carbonyl (C=O) groups is 2. The normalized spacial score (nSPS) is 14.0. The molecule has 3 heterocycles. The molecule has 0 spiro atoms. The van der Waals surface area contributed by atoms with Crippen LogP contribution in [0, 0.1) is 0 Å². The SMILES string of the molecule is COc1cccc2c(C(=O)Nc3ccc4oc(=O)n(CC(=O)N5CCCCC5)c4c3)n[nH]c12. The fourth-order valence-electron chi connectivity index (χ4n) is 4.22. The number of amides is 2. The topological polar surface area (TPSA) is 122 Å². The van der Waals surface area contributed by atoms with Gasteiger partial charge in [0, 0.05) is 24.2 Å². The van der Waals surface area contributed by atoms with Gasteiger partial charge in [0.2, 0.25) is 5.91 Å². The summed E-state index contributed by atoms with van der Waals surface area (Å²) in [6, 6.07) is 10.2. The van der Waals surface area contributed by atoms with Crippen LogP contribution in [-0.2, 0) is 11.3 Å². The molecule has 1 fully saturated rings. The molecule has 0 saturated carbocycles. The van der Waals surface area contributed by atoms with Crippen LogP contribution < -0.4 is 15.8 Å². The van der Waals surface area contributed by atoms with Crippen molar-refractivity contribution in [2.24, 2.45) is 0 Å². The maximum Gasteiger partial charge on any atom is 0.420 e. The molecule has 1 saturated heterocycles. The standard InChI is InChI=1S/C23H23N5O5/c1-32-18-7-5-6-15-20(18)25-26-21(15)22(30)24-14-8-9-17-16(12-14)28(23(31)33-17)13-19(29)27-10-3-2-4-11-27/h5-9,12H,2-4,10-11,13H2,1H3,(H,24,30)(H,25,26). The van der Waals surface area contributed by atoms with Crippen LogP contribution >= 0.6 is 0 Å². The van der Waals surface area contributed by atoms with E-state index in [4.69, 9.17) is 9.15 Å². The second kappa shape index (κ2) is 8.45. The molecule has 0 aliphatic carbocycles. The van der Waals surface area contributed by atoms with Gasteiger partial charge in [-0.15, -0.1) is 0 Å². The molecule has 0 bridgehead atoms. The van der Waals surface area contributed by atoms with Gasteiger partial charge in [-0.1, -0.05) is 12.1 Å². The van der Waals surface area contributed by atoms with Crippen LogP contribution in [-0.4, -0.2) is 51.7 Å². The van der Waals surface area contributed by atoms with Gasteiger partial charge in [0.15, 0.2) is 11.3 Å². The smallest absolute Gasteiger partial charge is 0.420 e. The Labute approximate surface area is 188 Å². The summed E-state index contributed by atoms with van der Waals surface area (Å²) < 4.78 is 11.9. The molecule has 2 aromatic heterocycles. The van der Waals surface area contributed by atoms with Gasteiger partial charge >= 0.3 is 5.76 Å². The van der Waals surface area contributed by atoms with E-state index in [0.29, 0.717) is 46.5 Å². The largest absolute Gasteiger partial charge is 0.494 e.